The van der Waals surface area contributed by atoms with E-state index in [1.807, 2.05) is 0 Å². The van der Waals surface area contributed by atoms with Gasteiger partial charge in [-0.2, -0.15) is 0 Å². The third kappa shape index (κ3) is 5.33. The van der Waals surface area contributed by atoms with E-state index in [0.29, 0.717) is 0 Å². The van der Waals surface area contributed by atoms with Crippen LogP contribution in [0.2, 0.25) is 0 Å². The molecule has 0 aliphatic heterocycles. The Labute approximate surface area is 137 Å². The Morgan fingerprint density at radius 1 is 0.682 bits per heavy atom. The Morgan fingerprint density at radius 2 is 1.00 bits per heavy atom. The van der Waals surface area contributed by atoms with Gasteiger partial charge in [0.1, 0.15) is 0 Å². The van der Waals surface area contributed by atoms with Crippen LogP contribution in [0.1, 0.15) is 73.7 Å². The minimum atomic E-state index is -0.0769. The molecule has 0 spiro atoms. The highest BCUT2D eigenvalue weighted by molar-refractivity contribution is 5.12. The Hall–Kier alpha value is -0.990. The van der Waals surface area contributed by atoms with Crippen LogP contribution in [0.4, 0.5) is 0 Å². The van der Waals surface area contributed by atoms with Gasteiger partial charge in [0.05, 0.1) is 5.54 Å². The van der Waals surface area contributed by atoms with E-state index in [0.717, 1.165) is 18.7 Å². The van der Waals surface area contributed by atoms with Crippen LogP contribution < -0.4 is 5.62 Å². The average molecular weight is 308 g/mol. The molecule has 1 heterocycles. The van der Waals surface area contributed by atoms with Crippen molar-refractivity contribution >= 4 is 0 Å². The summed E-state index contributed by atoms with van der Waals surface area (Å²) in [6.45, 7) is 26.7. The fourth-order valence-electron chi connectivity index (χ4n) is 2.58. The van der Waals surface area contributed by atoms with Gasteiger partial charge in [0, 0.05) is 24.5 Å². The molecule has 1 rings (SSSR count). The number of nitrogens with zero attached hydrogens (tertiary/aromatic N) is 3. The molecule has 0 aliphatic rings. The highest BCUT2D eigenvalue weighted by Crippen LogP contribution is 2.21. The molecule has 0 N–H and O–H groups in total. The van der Waals surface area contributed by atoms with Crippen molar-refractivity contribution in [2.75, 3.05) is 0 Å². The van der Waals surface area contributed by atoms with Gasteiger partial charge in [-0.25, -0.2) is 4.99 Å². The Kier molecular flexibility index (Phi) is 5.11. The third-order valence-corrected chi connectivity index (χ3v) is 3.52. The van der Waals surface area contributed by atoms with Crippen molar-refractivity contribution in [1.29, 1.82) is 0 Å². The van der Waals surface area contributed by atoms with Crippen molar-refractivity contribution in [2.45, 2.75) is 94.8 Å². The third-order valence-electron chi connectivity index (χ3n) is 3.52. The monoisotopic (exact) mass is 307 g/mol. The molecule has 0 aromatic carbocycles. The second-order valence-electron chi connectivity index (χ2n) is 10.0. The molecule has 1 aromatic rings. The maximum Gasteiger partial charge on any atom is 0.205 e. The van der Waals surface area contributed by atoms with E-state index in [-0.39, 0.29) is 16.4 Å². The van der Waals surface area contributed by atoms with Gasteiger partial charge in [-0.05, 0) is 45.4 Å². The molecule has 1 aromatic heterocycles. The Balaban J connectivity index is 3.64. The van der Waals surface area contributed by atoms with Gasteiger partial charge in [0.2, 0.25) is 5.62 Å². The van der Waals surface area contributed by atoms with Crippen LogP contribution >= 0.6 is 0 Å². The molecule has 0 unspecified atom stereocenters. The van der Waals surface area contributed by atoms with Crippen molar-refractivity contribution in [1.82, 2.24) is 9.13 Å². The van der Waals surface area contributed by atoms with Crippen LogP contribution in [0.15, 0.2) is 4.99 Å². The molecular weight excluding hydrogens is 270 g/mol. The smallest absolute Gasteiger partial charge is 0.205 e. The van der Waals surface area contributed by atoms with E-state index in [1.165, 1.54) is 11.4 Å². The predicted molar refractivity (Wildman–Crippen MR) is 96.1 cm³/mol. The van der Waals surface area contributed by atoms with E-state index in [2.05, 4.69) is 85.3 Å². The maximum absolute atomic E-state index is 5.07. The molecule has 0 bridgehead atoms. The van der Waals surface area contributed by atoms with Crippen LogP contribution in [0.5, 0.6) is 0 Å². The summed E-state index contributed by atoms with van der Waals surface area (Å²) >= 11 is 0. The fraction of sp³-hybridized carbons (Fsp3) is 0.842. The van der Waals surface area contributed by atoms with Gasteiger partial charge in [-0.15, -0.1) is 0 Å². The summed E-state index contributed by atoms with van der Waals surface area (Å²) in [5.41, 5.74) is 4.18. The van der Waals surface area contributed by atoms with Crippen LogP contribution in [0, 0.1) is 24.7 Å². The molecule has 0 fully saturated rings. The number of hydrogen-bond donors (Lipinski definition) is 0. The van der Waals surface area contributed by atoms with Gasteiger partial charge < -0.3 is 9.13 Å². The zero-order valence-electron chi connectivity index (χ0n) is 16.8. The van der Waals surface area contributed by atoms with E-state index in [9.17, 15) is 0 Å². The van der Waals surface area contributed by atoms with Crippen LogP contribution in [0.25, 0.3) is 0 Å². The lowest BCUT2D eigenvalue weighted by Crippen LogP contribution is -2.36. The lowest BCUT2D eigenvalue weighted by molar-refractivity contribution is 0.308. The Morgan fingerprint density at radius 3 is 1.23 bits per heavy atom. The number of hydrogen-bond acceptors (Lipinski definition) is 1. The number of imidazole rings is 1. The number of aromatic nitrogens is 2. The summed E-state index contributed by atoms with van der Waals surface area (Å²) < 4.78 is 4.82. The van der Waals surface area contributed by atoms with Gasteiger partial charge in [-0.1, -0.05) is 41.5 Å². The first-order chi connectivity index (χ1) is 9.61. The first kappa shape index (κ1) is 19.1. The predicted octanol–water partition coefficient (Wildman–Crippen LogP) is 4.70. The molecule has 3 heteroatoms. The fourth-order valence-corrected chi connectivity index (χ4v) is 2.58. The minimum Gasteiger partial charge on any atom is -0.314 e. The second kappa shape index (κ2) is 5.90. The largest absolute Gasteiger partial charge is 0.314 e. The van der Waals surface area contributed by atoms with Crippen LogP contribution in [0.3, 0.4) is 0 Å². The van der Waals surface area contributed by atoms with Gasteiger partial charge in [0.25, 0.3) is 0 Å². The SMILES string of the molecule is Cc1c(C)n(CC(C)(C)C)c(=NC(C)(C)C)n1CC(C)(C)C. The van der Waals surface area contributed by atoms with E-state index >= 15 is 0 Å². The summed E-state index contributed by atoms with van der Waals surface area (Å²) in [6.07, 6.45) is 0. The van der Waals surface area contributed by atoms with Crippen molar-refractivity contribution in [3.8, 4) is 0 Å². The molecule has 0 atom stereocenters. The minimum absolute atomic E-state index is 0.0769. The van der Waals surface area contributed by atoms with Gasteiger partial charge >= 0.3 is 0 Å². The Bertz CT molecular complexity index is 536. The highest BCUT2D eigenvalue weighted by atomic mass is 15.2. The van der Waals surface area contributed by atoms with Crippen LogP contribution in [-0.2, 0) is 13.1 Å². The van der Waals surface area contributed by atoms with Crippen molar-refractivity contribution in [3.05, 3.63) is 17.0 Å². The lowest BCUT2D eigenvalue weighted by atomic mass is 9.97. The average Bonchev–Trinajstić information content (AvgIpc) is 2.41. The molecule has 0 amide bonds. The van der Waals surface area contributed by atoms with Gasteiger partial charge in [-0.3, -0.25) is 0 Å². The van der Waals surface area contributed by atoms with Gasteiger partial charge in [0.15, 0.2) is 0 Å². The first-order valence-electron chi connectivity index (χ1n) is 8.43. The van der Waals surface area contributed by atoms with Crippen molar-refractivity contribution in [3.63, 3.8) is 0 Å². The molecule has 22 heavy (non-hydrogen) atoms. The maximum atomic E-state index is 5.07. The molecule has 0 aliphatic carbocycles. The summed E-state index contributed by atoms with van der Waals surface area (Å²) in [7, 11) is 0. The van der Waals surface area contributed by atoms with Crippen molar-refractivity contribution < 1.29 is 0 Å². The molecule has 0 radical (unpaired) electrons. The van der Waals surface area contributed by atoms with E-state index in [4.69, 9.17) is 4.99 Å². The number of rotatable bonds is 2. The standard InChI is InChI=1S/C19H37N3/c1-14-15(2)22(13-18(6,7)8)16(20-19(9,10)11)21(14)12-17(3,4)5/h12-13H2,1-11H3. The zero-order chi connectivity index (χ0) is 17.5. The summed E-state index contributed by atoms with van der Waals surface area (Å²) in [5, 5.41) is 0. The first-order valence-corrected chi connectivity index (χ1v) is 8.43. The van der Waals surface area contributed by atoms with E-state index < -0.39 is 0 Å². The topological polar surface area (TPSA) is 22.2 Å². The molecule has 0 saturated carbocycles. The molecule has 3 nitrogen and oxygen atoms in total. The summed E-state index contributed by atoms with van der Waals surface area (Å²) in [4.78, 5) is 5.07. The quantitative estimate of drug-likeness (QED) is 0.756. The highest BCUT2D eigenvalue weighted by Gasteiger charge is 2.22. The molecular formula is C19H37N3. The lowest BCUT2D eigenvalue weighted by Gasteiger charge is -2.23. The second-order valence-corrected chi connectivity index (χ2v) is 10.0. The normalized spacial score (nSPS) is 13.6. The molecule has 0 saturated heterocycles. The summed E-state index contributed by atoms with van der Waals surface area (Å²) in [5.74, 6) is 0. The van der Waals surface area contributed by atoms with Crippen molar-refractivity contribution in [2.24, 2.45) is 15.8 Å². The van der Waals surface area contributed by atoms with Crippen LogP contribution in [-0.4, -0.2) is 14.7 Å². The molecule has 128 valence electrons. The van der Waals surface area contributed by atoms with E-state index in [1.54, 1.807) is 0 Å². The summed E-state index contributed by atoms with van der Waals surface area (Å²) in [6, 6.07) is 0. The zero-order valence-corrected chi connectivity index (χ0v) is 16.8.